The minimum atomic E-state index is -3.68. The molecule has 0 aliphatic heterocycles. The number of alkyl halides is 2. The van der Waals surface area contributed by atoms with Crippen LogP contribution < -0.4 is 5.73 Å². The monoisotopic (exact) mass is 389 g/mol. The van der Waals surface area contributed by atoms with Crippen molar-refractivity contribution in [3.05, 3.63) is 65.5 Å². The van der Waals surface area contributed by atoms with Gasteiger partial charge in [-0.3, -0.25) is 0 Å². The van der Waals surface area contributed by atoms with Gasteiger partial charge in [-0.1, -0.05) is 0 Å². The molecule has 144 valence electrons. The number of aliphatic imine (C=N–C) groups is 1. The lowest BCUT2D eigenvalue weighted by atomic mass is 10.1. The molecule has 5 nitrogen and oxygen atoms in total. The Morgan fingerprint density at radius 1 is 1.07 bits per heavy atom. The highest BCUT2D eigenvalue weighted by atomic mass is 19.3. The van der Waals surface area contributed by atoms with Gasteiger partial charge in [-0.05, 0) is 43.3 Å². The van der Waals surface area contributed by atoms with Crippen LogP contribution in [0.4, 0.5) is 23.4 Å². The van der Waals surface area contributed by atoms with Gasteiger partial charge in [0.2, 0.25) is 5.82 Å². The molecule has 3 N–H and O–H groups in total. The summed E-state index contributed by atoms with van der Waals surface area (Å²) in [5.41, 5.74) is 5.38. The maximum Gasteiger partial charge on any atom is 0.331 e. The summed E-state index contributed by atoms with van der Waals surface area (Å²) in [4.78, 5) is 11.6. The molecule has 0 amide bonds. The number of amidine groups is 1. The van der Waals surface area contributed by atoms with Crippen LogP contribution in [-0.2, 0) is 5.92 Å². The first-order valence-electron chi connectivity index (χ1n) is 8.15. The fourth-order valence-corrected chi connectivity index (χ4v) is 2.55. The number of hydrogen-bond donors (Lipinski definition) is 2. The van der Waals surface area contributed by atoms with Gasteiger partial charge in [0, 0.05) is 29.1 Å². The third-order valence-corrected chi connectivity index (χ3v) is 3.82. The van der Waals surface area contributed by atoms with Gasteiger partial charge < -0.3 is 11.1 Å². The molecule has 0 aliphatic rings. The Balaban J connectivity index is 2.20. The third kappa shape index (κ3) is 3.98. The molecule has 3 rings (SSSR count). The van der Waals surface area contributed by atoms with Crippen molar-refractivity contribution in [1.29, 1.82) is 5.41 Å². The minimum Gasteiger partial charge on any atom is -0.387 e. The van der Waals surface area contributed by atoms with Crippen LogP contribution in [0.25, 0.3) is 10.9 Å². The fraction of sp³-hybridized carbons (Fsp3) is 0.158. The van der Waals surface area contributed by atoms with Gasteiger partial charge in [0.15, 0.2) is 5.82 Å². The number of hydrogen-bond acceptors (Lipinski definition) is 4. The van der Waals surface area contributed by atoms with Gasteiger partial charge in [-0.2, -0.15) is 8.78 Å². The van der Waals surface area contributed by atoms with Gasteiger partial charge >= 0.3 is 5.92 Å². The van der Waals surface area contributed by atoms with Crippen LogP contribution in [0.1, 0.15) is 24.7 Å². The van der Waals surface area contributed by atoms with Crippen LogP contribution in [-0.4, -0.2) is 21.5 Å². The van der Waals surface area contributed by atoms with Crippen LogP contribution >= 0.6 is 0 Å². The highest BCUT2D eigenvalue weighted by Gasteiger charge is 2.38. The Bertz CT molecular complexity index is 1080. The summed E-state index contributed by atoms with van der Waals surface area (Å²) in [6.07, 6.45) is 0.0242. The second kappa shape index (κ2) is 7.34. The molecule has 0 saturated carbocycles. The molecule has 9 heteroatoms. The Hall–Kier alpha value is -3.36. The number of nitrogens with two attached hydrogens (primary N) is 1. The summed E-state index contributed by atoms with van der Waals surface area (Å²) in [6.45, 7) is 1.52. The molecule has 1 aromatic heterocycles. The first kappa shape index (κ1) is 19.4. The zero-order valence-electron chi connectivity index (χ0n) is 14.7. The van der Waals surface area contributed by atoms with E-state index in [1.807, 2.05) is 0 Å². The highest BCUT2D eigenvalue weighted by molar-refractivity contribution is 6.02. The largest absolute Gasteiger partial charge is 0.387 e. The van der Waals surface area contributed by atoms with Crippen molar-refractivity contribution in [3.63, 3.8) is 0 Å². The van der Waals surface area contributed by atoms with Crippen molar-refractivity contribution in [2.24, 2.45) is 10.7 Å². The molecule has 0 unspecified atom stereocenters. The zero-order chi connectivity index (χ0) is 20.5. The standard InChI is InChI=1S/C19H15F4N5/c1-10(24)8-16(25)27-17-14-7-6-13(21)9-15(14)26-18(28-17)19(22,23)11-2-4-12(20)5-3-11/h2-7,9,24H,8H2,1H3,(H2,25,26,27,28). The van der Waals surface area contributed by atoms with Gasteiger partial charge in [0.25, 0.3) is 0 Å². The lowest BCUT2D eigenvalue weighted by Gasteiger charge is -2.16. The van der Waals surface area contributed by atoms with Crippen molar-refractivity contribution >= 4 is 28.3 Å². The number of fused-ring (bicyclic) bond motifs is 1. The van der Waals surface area contributed by atoms with E-state index in [1.165, 1.54) is 13.0 Å². The molecule has 2 aromatic carbocycles. The Kier molecular flexibility index (Phi) is 5.08. The summed E-state index contributed by atoms with van der Waals surface area (Å²) in [5.74, 6) is -6.10. The number of halogens is 4. The van der Waals surface area contributed by atoms with Gasteiger partial charge in [0.1, 0.15) is 17.5 Å². The number of aromatic nitrogens is 2. The molecule has 0 fully saturated rings. The Labute approximate surface area is 157 Å². The average Bonchev–Trinajstić information content (AvgIpc) is 2.60. The van der Waals surface area contributed by atoms with Crippen molar-refractivity contribution in [1.82, 2.24) is 9.97 Å². The minimum absolute atomic E-state index is 0.00660. The van der Waals surface area contributed by atoms with E-state index in [0.717, 1.165) is 36.4 Å². The summed E-state index contributed by atoms with van der Waals surface area (Å²) >= 11 is 0. The molecule has 0 saturated heterocycles. The van der Waals surface area contributed by atoms with E-state index in [2.05, 4.69) is 15.0 Å². The molecular formula is C19H15F4N5. The van der Waals surface area contributed by atoms with E-state index in [4.69, 9.17) is 11.1 Å². The molecule has 3 aromatic rings. The second-order valence-corrected chi connectivity index (χ2v) is 6.17. The maximum atomic E-state index is 14.9. The number of benzene rings is 2. The van der Waals surface area contributed by atoms with E-state index in [1.54, 1.807) is 0 Å². The molecule has 28 heavy (non-hydrogen) atoms. The Morgan fingerprint density at radius 2 is 1.71 bits per heavy atom. The summed E-state index contributed by atoms with van der Waals surface area (Å²) in [7, 11) is 0. The smallest absolute Gasteiger partial charge is 0.331 e. The third-order valence-electron chi connectivity index (χ3n) is 3.82. The summed E-state index contributed by atoms with van der Waals surface area (Å²) in [5, 5.41) is 7.69. The van der Waals surface area contributed by atoms with Crippen LogP contribution in [0.15, 0.2) is 47.5 Å². The van der Waals surface area contributed by atoms with Crippen molar-refractivity contribution in [2.75, 3.05) is 0 Å². The topological polar surface area (TPSA) is 88.0 Å². The first-order valence-corrected chi connectivity index (χ1v) is 8.15. The van der Waals surface area contributed by atoms with Crippen LogP contribution in [0.2, 0.25) is 0 Å². The molecule has 0 atom stereocenters. The molecular weight excluding hydrogens is 374 g/mol. The lowest BCUT2D eigenvalue weighted by molar-refractivity contribution is 0.0332. The van der Waals surface area contributed by atoms with E-state index in [-0.39, 0.29) is 34.7 Å². The summed E-state index contributed by atoms with van der Waals surface area (Å²) < 4.78 is 56.5. The van der Waals surface area contributed by atoms with Crippen LogP contribution in [0.3, 0.4) is 0 Å². The molecule has 0 radical (unpaired) electrons. The number of nitrogens with one attached hydrogen (secondary N) is 1. The van der Waals surface area contributed by atoms with E-state index in [9.17, 15) is 17.6 Å². The van der Waals surface area contributed by atoms with Crippen molar-refractivity contribution in [2.45, 2.75) is 19.3 Å². The van der Waals surface area contributed by atoms with Gasteiger partial charge in [0.05, 0.1) is 5.52 Å². The van der Waals surface area contributed by atoms with Crippen LogP contribution in [0.5, 0.6) is 0 Å². The average molecular weight is 389 g/mol. The molecule has 0 bridgehead atoms. The van der Waals surface area contributed by atoms with E-state index >= 15 is 0 Å². The summed E-state index contributed by atoms with van der Waals surface area (Å²) in [6, 6.07) is 7.06. The first-order chi connectivity index (χ1) is 13.2. The normalized spacial score (nSPS) is 12.4. The SMILES string of the molecule is CC(=N)CC(N)=Nc1nc(C(F)(F)c2ccc(F)cc2)nc2cc(F)ccc12. The fourth-order valence-electron chi connectivity index (χ4n) is 2.55. The van der Waals surface area contributed by atoms with Crippen molar-refractivity contribution in [3.8, 4) is 0 Å². The molecule has 0 aliphatic carbocycles. The van der Waals surface area contributed by atoms with Gasteiger partial charge in [-0.25, -0.2) is 23.7 Å². The highest BCUT2D eigenvalue weighted by Crippen LogP contribution is 2.36. The number of rotatable bonds is 5. The Morgan fingerprint density at radius 3 is 2.36 bits per heavy atom. The predicted octanol–water partition coefficient (Wildman–Crippen LogP) is 4.47. The second-order valence-electron chi connectivity index (χ2n) is 6.17. The number of nitrogens with zero attached hydrogens (tertiary/aromatic N) is 3. The van der Waals surface area contributed by atoms with E-state index < -0.39 is 28.9 Å². The zero-order valence-corrected chi connectivity index (χ0v) is 14.7. The van der Waals surface area contributed by atoms with E-state index in [0.29, 0.717) is 0 Å². The predicted molar refractivity (Wildman–Crippen MR) is 98.2 cm³/mol. The molecule has 0 spiro atoms. The quantitative estimate of drug-likeness (QED) is 0.383. The molecule has 1 heterocycles. The van der Waals surface area contributed by atoms with Crippen LogP contribution in [0, 0.1) is 17.0 Å². The lowest BCUT2D eigenvalue weighted by Crippen LogP contribution is -2.20. The van der Waals surface area contributed by atoms with Crippen molar-refractivity contribution < 1.29 is 17.6 Å². The maximum absolute atomic E-state index is 14.9. The van der Waals surface area contributed by atoms with Gasteiger partial charge in [-0.15, -0.1) is 0 Å².